The highest BCUT2D eigenvalue weighted by molar-refractivity contribution is 7.89. The molecule has 12 heteroatoms. The SMILES string of the molecule is CN(C)S(=O)(=O)c1cccc(-c2c(F)cc(Cc3nc(N)n[nH]3)cc2C(F)(F)F)c1. The molecule has 3 N–H and O–H groups in total. The summed E-state index contributed by atoms with van der Waals surface area (Å²) in [7, 11) is -1.34. The molecule has 0 saturated heterocycles. The van der Waals surface area contributed by atoms with E-state index in [1.165, 1.54) is 32.3 Å². The third-order valence-electron chi connectivity index (χ3n) is 4.28. The topological polar surface area (TPSA) is 105 Å². The first-order valence-electron chi connectivity index (χ1n) is 8.49. The molecular formula is C18H17F4N5O2S. The molecule has 0 aliphatic heterocycles. The molecule has 1 heterocycles. The molecular weight excluding hydrogens is 426 g/mol. The lowest BCUT2D eigenvalue weighted by Crippen LogP contribution is -2.22. The highest BCUT2D eigenvalue weighted by Crippen LogP contribution is 2.40. The number of rotatable bonds is 5. The van der Waals surface area contributed by atoms with Crippen LogP contribution in [-0.4, -0.2) is 42.0 Å². The maximum atomic E-state index is 14.9. The fourth-order valence-corrected chi connectivity index (χ4v) is 3.84. The molecule has 0 atom stereocenters. The second kappa shape index (κ2) is 7.69. The van der Waals surface area contributed by atoms with Crippen LogP contribution in [0.4, 0.5) is 23.5 Å². The predicted molar refractivity (Wildman–Crippen MR) is 101 cm³/mol. The van der Waals surface area contributed by atoms with E-state index in [9.17, 15) is 26.0 Å². The van der Waals surface area contributed by atoms with Crippen molar-refractivity contribution in [3.05, 3.63) is 59.2 Å². The molecule has 7 nitrogen and oxygen atoms in total. The van der Waals surface area contributed by atoms with Crippen LogP contribution in [0.2, 0.25) is 0 Å². The fourth-order valence-electron chi connectivity index (χ4n) is 2.89. The van der Waals surface area contributed by atoms with Crippen LogP contribution < -0.4 is 5.73 Å². The second-order valence-electron chi connectivity index (χ2n) is 6.63. The van der Waals surface area contributed by atoms with Gasteiger partial charge in [0.2, 0.25) is 16.0 Å². The Morgan fingerprint density at radius 1 is 1.17 bits per heavy atom. The number of nitrogen functional groups attached to an aromatic ring is 1. The van der Waals surface area contributed by atoms with Gasteiger partial charge in [-0.25, -0.2) is 17.1 Å². The van der Waals surface area contributed by atoms with Gasteiger partial charge in [-0.05, 0) is 35.4 Å². The number of hydrogen-bond donors (Lipinski definition) is 2. The number of nitrogens with one attached hydrogen (secondary N) is 1. The number of nitrogens with two attached hydrogens (primary N) is 1. The molecule has 0 aliphatic rings. The Hall–Kier alpha value is -2.99. The lowest BCUT2D eigenvalue weighted by atomic mass is 9.95. The molecule has 1 aromatic heterocycles. The minimum absolute atomic E-state index is 0.00297. The summed E-state index contributed by atoms with van der Waals surface area (Å²) in [6.07, 6.45) is -5.04. The van der Waals surface area contributed by atoms with Crippen molar-refractivity contribution in [3.8, 4) is 11.1 Å². The van der Waals surface area contributed by atoms with Crippen molar-refractivity contribution in [2.45, 2.75) is 17.5 Å². The maximum absolute atomic E-state index is 14.9. The summed E-state index contributed by atoms with van der Waals surface area (Å²) in [6.45, 7) is 0. The van der Waals surface area contributed by atoms with E-state index in [1.807, 2.05) is 0 Å². The van der Waals surface area contributed by atoms with Gasteiger partial charge >= 0.3 is 6.18 Å². The predicted octanol–water partition coefficient (Wildman–Crippen LogP) is 3.05. The molecule has 30 heavy (non-hydrogen) atoms. The summed E-state index contributed by atoms with van der Waals surface area (Å²) in [4.78, 5) is 3.55. The van der Waals surface area contributed by atoms with Gasteiger partial charge in [0.05, 0.1) is 10.5 Å². The van der Waals surface area contributed by atoms with Crippen LogP contribution in [0, 0.1) is 5.82 Å². The molecule has 0 radical (unpaired) electrons. The van der Waals surface area contributed by atoms with E-state index < -0.39 is 33.1 Å². The number of sulfonamides is 1. The van der Waals surface area contributed by atoms with Gasteiger partial charge in [0.25, 0.3) is 0 Å². The Balaban J connectivity index is 2.15. The molecule has 0 unspecified atom stereocenters. The summed E-state index contributed by atoms with van der Waals surface area (Å²) in [5.74, 6) is -1.06. The van der Waals surface area contributed by atoms with Gasteiger partial charge in [-0.3, -0.25) is 5.10 Å². The maximum Gasteiger partial charge on any atom is 0.417 e. The van der Waals surface area contributed by atoms with Gasteiger partial charge in [0, 0.05) is 26.1 Å². The molecule has 0 aliphatic carbocycles. The summed E-state index contributed by atoms with van der Waals surface area (Å²) < 4.78 is 81.7. The molecule has 0 saturated carbocycles. The van der Waals surface area contributed by atoms with Crippen molar-refractivity contribution in [2.24, 2.45) is 0 Å². The van der Waals surface area contributed by atoms with E-state index in [4.69, 9.17) is 5.73 Å². The zero-order valence-electron chi connectivity index (χ0n) is 15.8. The normalized spacial score (nSPS) is 12.5. The van der Waals surface area contributed by atoms with E-state index in [0.717, 1.165) is 22.5 Å². The van der Waals surface area contributed by atoms with Crippen molar-refractivity contribution in [1.29, 1.82) is 0 Å². The first kappa shape index (κ1) is 21.7. The highest BCUT2D eigenvalue weighted by Gasteiger charge is 2.36. The van der Waals surface area contributed by atoms with Gasteiger partial charge in [-0.2, -0.15) is 18.2 Å². The smallest absolute Gasteiger partial charge is 0.367 e. The quantitative estimate of drug-likeness (QED) is 0.590. The molecule has 160 valence electrons. The largest absolute Gasteiger partial charge is 0.417 e. The summed E-state index contributed by atoms with van der Waals surface area (Å²) in [6, 6.07) is 6.46. The second-order valence-corrected chi connectivity index (χ2v) is 8.78. The summed E-state index contributed by atoms with van der Waals surface area (Å²) in [5.41, 5.74) is 3.19. The number of aromatic amines is 1. The third kappa shape index (κ3) is 4.28. The first-order valence-corrected chi connectivity index (χ1v) is 9.93. The van der Waals surface area contributed by atoms with Gasteiger partial charge in [-0.1, -0.05) is 12.1 Å². The lowest BCUT2D eigenvalue weighted by molar-refractivity contribution is -0.137. The van der Waals surface area contributed by atoms with Crippen LogP contribution in [0.5, 0.6) is 0 Å². The van der Waals surface area contributed by atoms with Crippen LogP contribution >= 0.6 is 0 Å². The minimum atomic E-state index is -4.89. The van der Waals surface area contributed by atoms with E-state index in [1.54, 1.807) is 0 Å². The molecule has 0 bridgehead atoms. The Kier molecular flexibility index (Phi) is 5.56. The van der Waals surface area contributed by atoms with Crippen molar-refractivity contribution < 1.29 is 26.0 Å². The molecule has 0 spiro atoms. The fraction of sp³-hybridized carbons (Fsp3) is 0.222. The number of nitrogens with zero attached hydrogens (tertiary/aromatic N) is 3. The van der Waals surface area contributed by atoms with Crippen molar-refractivity contribution in [3.63, 3.8) is 0 Å². The van der Waals surface area contributed by atoms with Gasteiger partial charge in [0.15, 0.2) is 0 Å². The number of anilines is 1. The first-order chi connectivity index (χ1) is 13.9. The average molecular weight is 443 g/mol. The summed E-state index contributed by atoms with van der Waals surface area (Å²) >= 11 is 0. The minimum Gasteiger partial charge on any atom is -0.367 e. The van der Waals surface area contributed by atoms with E-state index in [-0.39, 0.29) is 34.2 Å². The van der Waals surface area contributed by atoms with E-state index >= 15 is 0 Å². The Morgan fingerprint density at radius 2 is 1.87 bits per heavy atom. The molecule has 0 amide bonds. The van der Waals surface area contributed by atoms with Gasteiger partial charge in [-0.15, -0.1) is 5.10 Å². The highest BCUT2D eigenvalue weighted by atomic mass is 32.2. The number of hydrogen-bond acceptors (Lipinski definition) is 5. The van der Waals surface area contributed by atoms with E-state index in [2.05, 4.69) is 15.2 Å². The molecule has 3 rings (SSSR count). The number of H-pyrrole nitrogens is 1. The van der Waals surface area contributed by atoms with E-state index in [0.29, 0.717) is 0 Å². The number of alkyl halides is 3. The van der Waals surface area contributed by atoms with Gasteiger partial charge < -0.3 is 5.73 Å². The van der Waals surface area contributed by atoms with Crippen LogP contribution in [0.1, 0.15) is 17.0 Å². The molecule has 0 fully saturated rings. The Labute approximate surface area is 169 Å². The van der Waals surface area contributed by atoms with Crippen LogP contribution in [-0.2, 0) is 22.6 Å². The molecule has 2 aromatic carbocycles. The van der Waals surface area contributed by atoms with Crippen molar-refractivity contribution in [1.82, 2.24) is 19.5 Å². The molecule has 3 aromatic rings. The van der Waals surface area contributed by atoms with Gasteiger partial charge in [0.1, 0.15) is 11.6 Å². The van der Waals surface area contributed by atoms with Crippen LogP contribution in [0.3, 0.4) is 0 Å². The van der Waals surface area contributed by atoms with Crippen LogP contribution in [0.15, 0.2) is 41.3 Å². The zero-order valence-corrected chi connectivity index (χ0v) is 16.6. The zero-order chi connectivity index (χ0) is 22.3. The summed E-state index contributed by atoms with van der Waals surface area (Å²) in [5, 5.41) is 6.03. The van der Waals surface area contributed by atoms with Crippen LogP contribution in [0.25, 0.3) is 11.1 Å². The monoisotopic (exact) mass is 443 g/mol. The standard InChI is InChI=1S/C18H17F4N5O2S/c1-27(2)30(28,29)12-5-3-4-11(9-12)16-13(18(20,21)22)6-10(7-14(16)19)8-15-24-17(23)26-25-15/h3-7,9H,8H2,1-2H3,(H3,23,24,25,26). The third-order valence-corrected chi connectivity index (χ3v) is 6.09. The van der Waals surface area contributed by atoms with Crippen molar-refractivity contribution in [2.75, 3.05) is 19.8 Å². The number of halogens is 4. The Morgan fingerprint density at radius 3 is 2.43 bits per heavy atom. The average Bonchev–Trinajstić information content (AvgIpc) is 3.05. The number of aromatic nitrogens is 3. The Bertz CT molecular complexity index is 1190. The number of benzene rings is 2. The lowest BCUT2D eigenvalue weighted by Gasteiger charge is -2.17. The van der Waals surface area contributed by atoms with Crippen molar-refractivity contribution >= 4 is 16.0 Å².